The van der Waals surface area contributed by atoms with Crippen LogP contribution in [-0.4, -0.2) is 24.1 Å². The maximum absolute atomic E-state index is 12.3. The van der Waals surface area contributed by atoms with Crippen LogP contribution in [0.5, 0.6) is 0 Å². The van der Waals surface area contributed by atoms with Crippen molar-refractivity contribution in [3.63, 3.8) is 0 Å². The quantitative estimate of drug-likeness (QED) is 0.304. The molecule has 0 N–H and O–H groups in total. The van der Waals surface area contributed by atoms with Gasteiger partial charge in [0.25, 0.3) is 0 Å². The lowest BCUT2D eigenvalue weighted by Crippen LogP contribution is -2.15. The highest BCUT2D eigenvalue weighted by Gasteiger charge is 2.11. The molecule has 28 heavy (non-hydrogen) atoms. The standard InChI is InChI=1S/C24H22O3S/c1-17-8-13-23(18(2)14-17)28-16-24(26)27-15-22(25)21-11-9-20(10-12-21)19-6-4-3-5-7-19/h3-14H,15-16H2,1-2H3. The van der Waals surface area contributed by atoms with E-state index in [0.717, 1.165) is 21.6 Å². The molecule has 0 spiro atoms. The number of thioether (sulfide) groups is 1. The number of carbonyl (C=O) groups excluding carboxylic acids is 2. The van der Waals surface area contributed by atoms with Crippen molar-refractivity contribution in [2.24, 2.45) is 0 Å². The summed E-state index contributed by atoms with van der Waals surface area (Å²) in [6.07, 6.45) is 0. The predicted molar refractivity (Wildman–Crippen MR) is 114 cm³/mol. The molecule has 3 rings (SSSR count). The zero-order chi connectivity index (χ0) is 19.9. The average Bonchev–Trinajstić information content (AvgIpc) is 2.72. The Morgan fingerprint density at radius 1 is 0.857 bits per heavy atom. The minimum atomic E-state index is -0.390. The summed E-state index contributed by atoms with van der Waals surface area (Å²) in [5.74, 6) is -0.409. The van der Waals surface area contributed by atoms with Crippen molar-refractivity contribution in [3.05, 3.63) is 89.5 Å². The van der Waals surface area contributed by atoms with Gasteiger partial charge in [0.15, 0.2) is 12.4 Å². The van der Waals surface area contributed by atoms with Crippen LogP contribution in [0.15, 0.2) is 77.7 Å². The first-order chi connectivity index (χ1) is 13.5. The molecule has 0 saturated heterocycles. The number of esters is 1. The Morgan fingerprint density at radius 2 is 1.54 bits per heavy atom. The SMILES string of the molecule is Cc1ccc(SCC(=O)OCC(=O)c2ccc(-c3ccccc3)cc2)c(C)c1. The molecule has 4 heteroatoms. The van der Waals surface area contributed by atoms with E-state index in [1.807, 2.05) is 68.4 Å². The number of aryl methyl sites for hydroxylation is 2. The molecule has 0 aliphatic rings. The zero-order valence-electron chi connectivity index (χ0n) is 16.0. The third-order valence-electron chi connectivity index (χ3n) is 4.35. The van der Waals surface area contributed by atoms with Gasteiger partial charge in [0, 0.05) is 10.5 Å². The molecule has 0 amide bonds. The molecular formula is C24H22O3S. The van der Waals surface area contributed by atoms with E-state index in [1.165, 1.54) is 17.3 Å². The molecule has 0 unspecified atom stereocenters. The molecule has 3 aromatic carbocycles. The number of rotatable bonds is 7. The van der Waals surface area contributed by atoms with Crippen LogP contribution in [0.2, 0.25) is 0 Å². The minimum absolute atomic E-state index is 0.185. The van der Waals surface area contributed by atoms with Crippen molar-refractivity contribution in [3.8, 4) is 11.1 Å². The van der Waals surface area contributed by atoms with Crippen LogP contribution >= 0.6 is 11.8 Å². The fourth-order valence-corrected chi connectivity index (χ4v) is 3.66. The highest BCUT2D eigenvalue weighted by molar-refractivity contribution is 8.00. The Bertz CT molecular complexity index is 963. The van der Waals surface area contributed by atoms with Crippen molar-refractivity contribution in [2.45, 2.75) is 18.7 Å². The fraction of sp³-hybridized carbons (Fsp3) is 0.167. The van der Waals surface area contributed by atoms with Crippen LogP contribution in [0.1, 0.15) is 21.5 Å². The highest BCUT2D eigenvalue weighted by atomic mass is 32.2. The highest BCUT2D eigenvalue weighted by Crippen LogP contribution is 2.23. The van der Waals surface area contributed by atoms with Crippen LogP contribution in [0.25, 0.3) is 11.1 Å². The Labute approximate surface area is 169 Å². The number of hydrogen-bond acceptors (Lipinski definition) is 4. The summed E-state index contributed by atoms with van der Waals surface area (Å²) in [6.45, 7) is 3.81. The van der Waals surface area contributed by atoms with Crippen LogP contribution in [0.3, 0.4) is 0 Å². The number of hydrogen-bond donors (Lipinski definition) is 0. The second-order valence-corrected chi connectivity index (χ2v) is 7.60. The summed E-state index contributed by atoms with van der Waals surface area (Å²) in [5.41, 5.74) is 4.99. The van der Waals surface area contributed by atoms with Gasteiger partial charge in [-0.3, -0.25) is 9.59 Å². The lowest BCUT2D eigenvalue weighted by molar-refractivity contribution is -0.139. The fourth-order valence-electron chi connectivity index (χ4n) is 2.85. The van der Waals surface area contributed by atoms with Crippen LogP contribution in [-0.2, 0) is 9.53 Å². The van der Waals surface area contributed by atoms with Gasteiger partial charge in [0.05, 0.1) is 5.75 Å². The molecule has 0 aliphatic heterocycles. The number of carbonyl (C=O) groups is 2. The number of benzene rings is 3. The number of Topliss-reactive ketones (excluding diaryl/α,β-unsaturated/α-hetero) is 1. The lowest BCUT2D eigenvalue weighted by atomic mass is 10.0. The largest absolute Gasteiger partial charge is 0.457 e. The summed E-state index contributed by atoms with van der Waals surface area (Å²) in [4.78, 5) is 25.3. The number of ether oxygens (including phenoxy) is 1. The van der Waals surface area contributed by atoms with E-state index in [2.05, 4.69) is 6.07 Å². The van der Waals surface area contributed by atoms with Gasteiger partial charge in [-0.2, -0.15) is 0 Å². The normalized spacial score (nSPS) is 10.5. The van der Waals surface area contributed by atoms with E-state index >= 15 is 0 Å². The van der Waals surface area contributed by atoms with E-state index in [1.54, 1.807) is 12.1 Å². The second kappa shape index (κ2) is 9.38. The van der Waals surface area contributed by atoms with Crippen LogP contribution < -0.4 is 0 Å². The third kappa shape index (κ3) is 5.33. The summed E-state index contributed by atoms with van der Waals surface area (Å²) in [7, 11) is 0. The molecular weight excluding hydrogens is 368 g/mol. The monoisotopic (exact) mass is 390 g/mol. The molecule has 0 aliphatic carbocycles. The molecule has 0 atom stereocenters. The molecule has 0 heterocycles. The summed E-state index contributed by atoms with van der Waals surface area (Å²) in [5, 5.41) is 0. The zero-order valence-corrected chi connectivity index (χ0v) is 16.8. The first kappa shape index (κ1) is 19.9. The maximum atomic E-state index is 12.3. The van der Waals surface area contributed by atoms with Gasteiger partial charge in [-0.15, -0.1) is 11.8 Å². The first-order valence-corrected chi connectivity index (χ1v) is 10.1. The van der Waals surface area contributed by atoms with Gasteiger partial charge in [-0.25, -0.2) is 0 Å². The third-order valence-corrected chi connectivity index (χ3v) is 5.50. The van der Waals surface area contributed by atoms with E-state index in [-0.39, 0.29) is 24.1 Å². The molecule has 0 saturated carbocycles. The molecule has 3 aromatic rings. The Hall–Kier alpha value is -2.85. The summed E-state index contributed by atoms with van der Waals surface area (Å²) in [6, 6.07) is 23.4. The second-order valence-electron chi connectivity index (χ2n) is 6.58. The molecule has 0 aromatic heterocycles. The van der Waals surface area contributed by atoms with Crippen molar-refractivity contribution in [1.82, 2.24) is 0 Å². The molecule has 0 bridgehead atoms. The Kier molecular flexibility index (Phi) is 6.66. The summed E-state index contributed by atoms with van der Waals surface area (Å²) < 4.78 is 5.15. The van der Waals surface area contributed by atoms with Crippen molar-refractivity contribution >= 4 is 23.5 Å². The van der Waals surface area contributed by atoms with Crippen LogP contribution in [0.4, 0.5) is 0 Å². The van der Waals surface area contributed by atoms with Gasteiger partial charge in [0.1, 0.15) is 0 Å². The van der Waals surface area contributed by atoms with Crippen molar-refractivity contribution in [2.75, 3.05) is 12.4 Å². The lowest BCUT2D eigenvalue weighted by Gasteiger charge is -2.07. The smallest absolute Gasteiger partial charge is 0.316 e. The minimum Gasteiger partial charge on any atom is -0.457 e. The first-order valence-electron chi connectivity index (χ1n) is 9.07. The average molecular weight is 391 g/mol. The van der Waals surface area contributed by atoms with E-state index in [0.29, 0.717) is 5.56 Å². The Balaban J connectivity index is 1.50. The topological polar surface area (TPSA) is 43.4 Å². The molecule has 142 valence electrons. The van der Waals surface area contributed by atoms with Gasteiger partial charge in [-0.1, -0.05) is 72.3 Å². The summed E-state index contributed by atoms with van der Waals surface area (Å²) >= 11 is 1.43. The number of ketones is 1. The Morgan fingerprint density at radius 3 is 2.21 bits per heavy atom. The van der Waals surface area contributed by atoms with Crippen LogP contribution in [0, 0.1) is 13.8 Å². The van der Waals surface area contributed by atoms with E-state index < -0.39 is 0 Å². The van der Waals surface area contributed by atoms with Gasteiger partial charge >= 0.3 is 5.97 Å². The van der Waals surface area contributed by atoms with Gasteiger partial charge in [-0.05, 0) is 36.6 Å². The molecule has 0 radical (unpaired) electrons. The molecule has 0 fully saturated rings. The predicted octanol–water partition coefficient (Wildman–Crippen LogP) is 5.49. The van der Waals surface area contributed by atoms with Gasteiger partial charge in [0.2, 0.25) is 0 Å². The van der Waals surface area contributed by atoms with Crippen molar-refractivity contribution < 1.29 is 14.3 Å². The van der Waals surface area contributed by atoms with E-state index in [4.69, 9.17) is 4.74 Å². The molecule has 3 nitrogen and oxygen atoms in total. The van der Waals surface area contributed by atoms with Gasteiger partial charge < -0.3 is 4.74 Å². The van der Waals surface area contributed by atoms with Crippen molar-refractivity contribution in [1.29, 1.82) is 0 Å². The maximum Gasteiger partial charge on any atom is 0.316 e. The van der Waals surface area contributed by atoms with E-state index in [9.17, 15) is 9.59 Å².